The molecule has 0 aliphatic heterocycles. The molecule has 0 aromatic heterocycles. The summed E-state index contributed by atoms with van der Waals surface area (Å²) in [5, 5.41) is 22.2. The van der Waals surface area contributed by atoms with Crippen molar-refractivity contribution in [2.75, 3.05) is 0 Å². The molecule has 0 unspecified atom stereocenters. The van der Waals surface area contributed by atoms with Gasteiger partial charge in [-0.25, -0.2) is 0 Å². The predicted octanol–water partition coefficient (Wildman–Crippen LogP) is 0.273. The molecule has 0 aromatic rings. The summed E-state index contributed by atoms with van der Waals surface area (Å²) in [6, 6.07) is 0. The van der Waals surface area contributed by atoms with Gasteiger partial charge < -0.3 is 15.3 Å². The second-order valence-corrected chi connectivity index (χ2v) is 1.56. The Hall–Kier alpha value is -0.00558. The van der Waals surface area contributed by atoms with Gasteiger partial charge >= 0.3 is 0 Å². The molecule has 0 amide bonds. The summed E-state index contributed by atoms with van der Waals surface area (Å²) in [6.07, 6.45) is 0. The van der Waals surface area contributed by atoms with E-state index in [1.807, 2.05) is 0 Å². The zero-order valence-corrected chi connectivity index (χ0v) is 9.87. The van der Waals surface area contributed by atoms with E-state index in [1.165, 1.54) is 0 Å². The average Bonchev–Trinajstić information content (AvgIpc) is 1.54. The third-order valence-corrected chi connectivity index (χ3v) is 0. The molecule has 6 nitrogen and oxygen atoms in total. The molecule has 3 N–H and O–H groups in total. The summed E-state index contributed by atoms with van der Waals surface area (Å²) in [5.41, 5.74) is 0. The molecule has 0 heterocycles. The van der Waals surface area contributed by atoms with E-state index in [1.54, 1.807) is 0 Å². The van der Waals surface area contributed by atoms with Gasteiger partial charge in [-0.2, -0.15) is 0 Å². The summed E-state index contributed by atoms with van der Waals surface area (Å²) in [6.45, 7) is 3.25. The summed E-state index contributed by atoms with van der Waals surface area (Å²) in [4.78, 5) is 27.0. The minimum absolute atomic E-state index is 0. The number of aliphatic carboxylic acids is 3. The second kappa shape index (κ2) is 17.9. The maximum atomic E-state index is 9.00. The Balaban J connectivity index is -0.0000000450. The van der Waals surface area contributed by atoms with Gasteiger partial charge in [0.15, 0.2) is 0 Å². The number of carboxylic acids is 3. The van der Waals surface area contributed by atoms with Crippen molar-refractivity contribution in [3.8, 4) is 0 Å². The van der Waals surface area contributed by atoms with Crippen LogP contribution < -0.4 is 0 Å². The molecule has 0 saturated carbocycles. The summed E-state index contributed by atoms with van der Waals surface area (Å²) in [5.74, 6) is -2.50. The molecule has 0 saturated heterocycles. The smallest absolute Gasteiger partial charge is 0.300 e. The molecule has 79 valence electrons. The van der Waals surface area contributed by atoms with Crippen molar-refractivity contribution in [3.05, 3.63) is 0 Å². The molecule has 7 heteroatoms. The van der Waals surface area contributed by atoms with Crippen LogP contribution in [0.25, 0.3) is 0 Å². The fraction of sp³-hybridized carbons (Fsp3) is 0.500. The first-order chi connectivity index (χ1) is 5.20. The quantitative estimate of drug-likeness (QED) is 0.587. The summed E-state index contributed by atoms with van der Waals surface area (Å²) >= 11 is 0. The number of carboxylic acid groups (broad SMARTS) is 3. The molecule has 0 aromatic carbocycles. The van der Waals surface area contributed by atoms with Gasteiger partial charge in [-0.3, -0.25) is 14.4 Å². The van der Waals surface area contributed by atoms with E-state index in [2.05, 4.69) is 0 Å². The first-order valence-corrected chi connectivity index (χ1v) is 2.78. The fourth-order valence-corrected chi connectivity index (χ4v) is 0. The standard InChI is InChI=1S/3C2H4O2.Eu/c3*1-2(3)4;/h3*1H3,(H,3,4);. The van der Waals surface area contributed by atoms with Crippen LogP contribution >= 0.6 is 0 Å². The van der Waals surface area contributed by atoms with E-state index in [9.17, 15) is 0 Å². The molecular weight excluding hydrogens is 320 g/mol. The van der Waals surface area contributed by atoms with Crippen LogP contribution in [0.1, 0.15) is 20.8 Å². The van der Waals surface area contributed by atoms with Crippen LogP contribution in [0, 0.1) is 49.4 Å². The first kappa shape index (κ1) is 23.1. The van der Waals surface area contributed by atoms with Crippen molar-refractivity contribution in [1.82, 2.24) is 0 Å². The Bertz CT molecular complexity index is 115. The van der Waals surface area contributed by atoms with Gasteiger partial charge in [-0.15, -0.1) is 0 Å². The Morgan fingerprint density at radius 2 is 0.692 bits per heavy atom. The number of carbonyl (C=O) groups is 3. The van der Waals surface area contributed by atoms with Gasteiger partial charge in [0.05, 0.1) is 0 Å². The van der Waals surface area contributed by atoms with Gasteiger partial charge in [0.25, 0.3) is 17.9 Å². The van der Waals surface area contributed by atoms with E-state index in [0.717, 1.165) is 20.8 Å². The Labute approximate surface area is 116 Å². The van der Waals surface area contributed by atoms with Crippen LogP contribution in [-0.4, -0.2) is 33.2 Å². The van der Waals surface area contributed by atoms with Gasteiger partial charge in [0, 0.05) is 70.1 Å². The normalized spacial score (nSPS) is 5.77. The fourth-order valence-electron chi connectivity index (χ4n) is 0. The average molecular weight is 332 g/mol. The van der Waals surface area contributed by atoms with Crippen molar-refractivity contribution >= 4 is 17.9 Å². The topological polar surface area (TPSA) is 112 Å². The van der Waals surface area contributed by atoms with Crippen molar-refractivity contribution < 1.29 is 79.1 Å². The van der Waals surface area contributed by atoms with Crippen molar-refractivity contribution in [2.45, 2.75) is 20.8 Å². The van der Waals surface area contributed by atoms with Gasteiger partial charge in [-0.1, -0.05) is 0 Å². The number of hydrogen-bond acceptors (Lipinski definition) is 3. The monoisotopic (exact) mass is 333 g/mol. The van der Waals surface area contributed by atoms with E-state index in [-0.39, 0.29) is 49.4 Å². The van der Waals surface area contributed by atoms with Crippen LogP contribution in [0.5, 0.6) is 0 Å². The SMILES string of the molecule is CC(=O)O.CC(=O)O.CC(=O)O.[Eu]. The van der Waals surface area contributed by atoms with E-state index in [0.29, 0.717) is 0 Å². The van der Waals surface area contributed by atoms with Crippen LogP contribution in [-0.2, 0) is 14.4 Å². The number of hydrogen-bond donors (Lipinski definition) is 3. The zero-order valence-electron chi connectivity index (χ0n) is 7.44. The van der Waals surface area contributed by atoms with Crippen molar-refractivity contribution in [3.63, 3.8) is 0 Å². The minimum Gasteiger partial charge on any atom is -0.481 e. The third-order valence-electron chi connectivity index (χ3n) is 0. The molecule has 0 rings (SSSR count). The maximum Gasteiger partial charge on any atom is 0.300 e. The Kier molecular flexibility index (Phi) is 31.9. The molecule has 0 spiro atoms. The van der Waals surface area contributed by atoms with Crippen molar-refractivity contribution in [2.24, 2.45) is 0 Å². The zero-order chi connectivity index (χ0) is 10.7. The second-order valence-electron chi connectivity index (χ2n) is 1.56. The molecule has 0 aliphatic rings. The molecule has 0 atom stereocenters. The third kappa shape index (κ3) is 38400000. The van der Waals surface area contributed by atoms with Crippen LogP contribution in [0.4, 0.5) is 0 Å². The molecular formula is C6H12EuO6. The van der Waals surface area contributed by atoms with E-state index < -0.39 is 17.9 Å². The minimum atomic E-state index is -0.833. The molecule has 0 fully saturated rings. The first-order valence-electron chi connectivity index (χ1n) is 2.78. The van der Waals surface area contributed by atoms with Crippen molar-refractivity contribution in [1.29, 1.82) is 0 Å². The van der Waals surface area contributed by atoms with Gasteiger partial charge in [-0.05, 0) is 0 Å². The van der Waals surface area contributed by atoms with E-state index in [4.69, 9.17) is 29.7 Å². The predicted molar refractivity (Wildman–Crippen MR) is 39.9 cm³/mol. The summed E-state index contributed by atoms with van der Waals surface area (Å²) in [7, 11) is 0. The van der Waals surface area contributed by atoms with Crippen LogP contribution in [0.3, 0.4) is 0 Å². The molecule has 13 heavy (non-hydrogen) atoms. The van der Waals surface area contributed by atoms with Gasteiger partial charge in [0.2, 0.25) is 0 Å². The number of rotatable bonds is 0. The van der Waals surface area contributed by atoms with Crippen LogP contribution in [0.15, 0.2) is 0 Å². The summed E-state index contributed by atoms with van der Waals surface area (Å²) < 4.78 is 0. The van der Waals surface area contributed by atoms with Crippen LogP contribution in [0.2, 0.25) is 0 Å². The van der Waals surface area contributed by atoms with Gasteiger partial charge in [0.1, 0.15) is 0 Å². The molecule has 0 aliphatic carbocycles. The molecule has 1 radical (unpaired) electrons. The largest absolute Gasteiger partial charge is 0.481 e. The molecule has 0 bridgehead atoms. The Morgan fingerprint density at radius 1 is 0.692 bits per heavy atom. The van der Waals surface area contributed by atoms with E-state index >= 15 is 0 Å². The Morgan fingerprint density at radius 3 is 0.692 bits per heavy atom. The maximum absolute atomic E-state index is 9.00.